The Morgan fingerprint density at radius 3 is 1.83 bits per heavy atom. The van der Waals surface area contributed by atoms with Crippen LogP contribution in [0.5, 0.6) is 0 Å². The lowest BCUT2D eigenvalue weighted by Crippen LogP contribution is -1.82. The topological polar surface area (TPSA) is 39.4 Å². The first-order chi connectivity index (χ1) is 23.7. The van der Waals surface area contributed by atoms with Crippen LogP contribution in [-0.2, 0) is 0 Å². The average molecular weight is 623 g/mol. The average Bonchev–Trinajstić information content (AvgIpc) is 3.82. The summed E-state index contributed by atoms with van der Waals surface area (Å²) < 4.78 is 19.6. The third-order valence-corrected chi connectivity index (χ3v) is 8.94. The summed E-state index contributed by atoms with van der Waals surface area (Å²) in [7, 11) is 0. The first kappa shape index (κ1) is 29.3. The van der Waals surface area contributed by atoms with Crippen molar-refractivity contribution in [3.8, 4) is 22.3 Å². The van der Waals surface area contributed by atoms with Crippen molar-refractivity contribution in [1.29, 1.82) is 0 Å². The van der Waals surface area contributed by atoms with Crippen LogP contribution in [-0.4, -0.2) is 0 Å². The molecule has 232 valence electrons. The van der Waals surface area contributed by atoms with E-state index in [0.29, 0.717) is 0 Å². The predicted molar refractivity (Wildman–Crippen MR) is 203 cm³/mol. The minimum Gasteiger partial charge on any atom is -0.456 e. The summed E-state index contributed by atoms with van der Waals surface area (Å²) in [5, 5.41) is 6.34. The summed E-state index contributed by atoms with van der Waals surface area (Å²) in [6, 6.07) is 40.0. The molecule has 3 heteroatoms. The minimum absolute atomic E-state index is 0.796. The van der Waals surface area contributed by atoms with Crippen LogP contribution in [0.4, 0.5) is 0 Å². The van der Waals surface area contributed by atoms with Gasteiger partial charge < -0.3 is 13.3 Å². The maximum absolute atomic E-state index is 6.72. The van der Waals surface area contributed by atoms with Crippen molar-refractivity contribution in [3.63, 3.8) is 0 Å². The van der Waals surface area contributed by atoms with Gasteiger partial charge in [-0.25, -0.2) is 0 Å². The molecular weight excluding hydrogens is 588 g/mol. The van der Waals surface area contributed by atoms with Gasteiger partial charge in [-0.15, -0.1) is 0 Å². The third kappa shape index (κ3) is 4.75. The Hall–Kier alpha value is -6.06. The van der Waals surface area contributed by atoms with Crippen LogP contribution in [0.15, 0.2) is 159 Å². The first-order valence-electron chi connectivity index (χ1n) is 16.5. The Morgan fingerprint density at radius 2 is 1.08 bits per heavy atom. The van der Waals surface area contributed by atoms with Crippen molar-refractivity contribution in [1.82, 2.24) is 0 Å². The molecule has 0 atom stereocenters. The maximum Gasteiger partial charge on any atom is 0.147 e. The zero-order chi connectivity index (χ0) is 32.8. The molecule has 0 saturated carbocycles. The van der Waals surface area contributed by atoms with E-state index in [1.165, 1.54) is 5.56 Å². The number of para-hydroxylation sites is 1. The number of benzene rings is 6. The van der Waals surface area contributed by atoms with Gasteiger partial charge in [0.1, 0.15) is 33.5 Å². The van der Waals surface area contributed by atoms with Crippen molar-refractivity contribution in [2.45, 2.75) is 20.8 Å². The lowest BCUT2D eigenvalue weighted by Gasteiger charge is -2.05. The molecule has 6 aromatic carbocycles. The van der Waals surface area contributed by atoms with Crippen LogP contribution < -0.4 is 0 Å². The molecule has 0 radical (unpaired) electrons. The Labute approximate surface area is 278 Å². The molecule has 0 amide bonds. The van der Waals surface area contributed by atoms with Crippen LogP contribution in [0.25, 0.3) is 93.6 Å². The normalized spacial score (nSPS) is 12.0. The highest BCUT2D eigenvalue weighted by molar-refractivity contribution is 6.23. The van der Waals surface area contributed by atoms with Gasteiger partial charge in [0.15, 0.2) is 0 Å². The predicted octanol–water partition coefficient (Wildman–Crippen LogP) is 13.9. The molecule has 0 spiro atoms. The first-order valence-corrected chi connectivity index (χ1v) is 16.5. The second-order valence-electron chi connectivity index (χ2n) is 11.7. The monoisotopic (exact) mass is 622 g/mol. The second kappa shape index (κ2) is 11.9. The summed E-state index contributed by atoms with van der Waals surface area (Å²) in [6.45, 7) is 10.3. The van der Waals surface area contributed by atoms with Crippen LogP contribution in [0, 0.1) is 0 Å². The summed E-state index contributed by atoms with van der Waals surface area (Å²) >= 11 is 0. The van der Waals surface area contributed by atoms with Gasteiger partial charge in [-0.1, -0.05) is 111 Å². The molecule has 0 fully saturated rings. The standard InChI is InChI=1S/C43H28O3.C2H6/c1-3-4-6-11-26(2)28-16-19-39-33(22-28)35-25-36-34-23-29(27-12-7-5-8-13-27)17-20-40(34)46-43(36)41(42(35)45-39)30-18-21-38-32(24-30)31-14-9-10-15-37(31)44-38;1-2/h3-25H,2H2,1H3;1-2H3/b4-3-,11-6-;. The Bertz CT molecular complexity index is 2710. The molecule has 0 bridgehead atoms. The fourth-order valence-electron chi connectivity index (χ4n) is 6.67. The van der Waals surface area contributed by atoms with E-state index in [1.807, 2.05) is 81.5 Å². The van der Waals surface area contributed by atoms with Gasteiger partial charge in [0.25, 0.3) is 0 Å². The molecule has 0 unspecified atom stereocenters. The lowest BCUT2D eigenvalue weighted by atomic mass is 9.96. The van der Waals surface area contributed by atoms with Gasteiger partial charge in [-0.05, 0) is 83.3 Å². The number of rotatable bonds is 5. The molecule has 9 rings (SSSR count). The third-order valence-electron chi connectivity index (χ3n) is 8.94. The van der Waals surface area contributed by atoms with Crippen molar-refractivity contribution >= 4 is 71.4 Å². The van der Waals surface area contributed by atoms with Crippen molar-refractivity contribution < 1.29 is 13.3 Å². The Morgan fingerprint density at radius 1 is 0.500 bits per heavy atom. The Balaban J connectivity index is 0.00000165. The van der Waals surface area contributed by atoms with Crippen LogP contribution >= 0.6 is 0 Å². The molecule has 3 nitrogen and oxygen atoms in total. The minimum atomic E-state index is 0.796. The van der Waals surface area contributed by atoms with Crippen LogP contribution in [0.1, 0.15) is 26.3 Å². The highest BCUT2D eigenvalue weighted by Crippen LogP contribution is 2.46. The highest BCUT2D eigenvalue weighted by Gasteiger charge is 2.22. The summed E-state index contributed by atoms with van der Waals surface area (Å²) in [6.07, 6.45) is 8.06. The number of furan rings is 3. The number of hydrogen-bond acceptors (Lipinski definition) is 3. The smallest absolute Gasteiger partial charge is 0.147 e. The van der Waals surface area contributed by atoms with E-state index >= 15 is 0 Å². The largest absolute Gasteiger partial charge is 0.456 e. The molecular formula is C45H34O3. The van der Waals surface area contributed by atoms with Crippen LogP contribution in [0.3, 0.4) is 0 Å². The Kier molecular flexibility index (Phi) is 7.30. The number of allylic oxidation sites excluding steroid dienone is 5. The molecule has 0 aliphatic carbocycles. The molecule has 0 aliphatic heterocycles. The van der Waals surface area contributed by atoms with Crippen molar-refractivity contribution in [3.05, 3.63) is 152 Å². The van der Waals surface area contributed by atoms with Gasteiger partial charge >= 0.3 is 0 Å². The molecule has 9 aromatic rings. The van der Waals surface area contributed by atoms with Gasteiger partial charge in [-0.2, -0.15) is 0 Å². The van der Waals surface area contributed by atoms with E-state index < -0.39 is 0 Å². The van der Waals surface area contributed by atoms with Gasteiger partial charge in [0, 0.05) is 32.3 Å². The van der Waals surface area contributed by atoms with E-state index in [2.05, 4.69) is 85.4 Å². The second-order valence-corrected chi connectivity index (χ2v) is 11.7. The lowest BCUT2D eigenvalue weighted by molar-refractivity contribution is 0.658. The van der Waals surface area contributed by atoms with E-state index in [4.69, 9.17) is 13.3 Å². The summed E-state index contributed by atoms with van der Waals surface area (Å²) in [4.78, 5) is 0. The molecule has 3 heterocycles. The van der Waals surface area contributed by atoms with E-state index in [-0.39, 0.29) is 0 Å². The molecule has 3 aromatic heterocycles. The number of fused-ring (bicyclic) bond motifs is 9. The quantitative estimate of drug-likeness (QED) is 0.179. The van der Waals surface area contributed by atoms with E-state index in [9.17, 15) is 0 Å². The molecule has 0 aliphatic rings. The van der Waals surface area contributed by atoms with Gasteiger partial charge in [-0.3, -0.25) is 0 Å². The van der Waals surface area contributed by atoms with Crippen molar-refractivity contribution in [2.24, 2.45) is 0 Å². The number of hydrogen-bond donors (Lipinski definition) is 0. The highest BCUT2D eigenvalue weighted by atomic mass is 16.3. The SMILES string of the molecule is C=C(/C=C\C=C/C)c1ccc2oc3c(-c4ccc5oc6ccccc6c5c4)c4oc5ccc(-c6ccccc6)cc5c4cc3c2c1.CC. The van der Waals surface area contributed by atoms with Crippen molar-refractivity contribution in [2.75, 3.05) is 0 Å². The zero-order valence-corrected chi connectivity index (χ0v) is 27.2. The molecule has 0 N–H and O–H groups in total. The van der Waals surface area contributed by atoms with Gasteiger partial charge in [0.05, 0.1) is 5.56 Å². The van der Waals surface area contributed by atoms with E-state index in [0.717, 1.165) is 93.6 Å². The summed E-state index contributed by atoms with van der Waals surface area (Å²) in [5.41, 5.74) is 11.2. The maximum atomic E-state index is 6.72. The van der Waals surface area contributed by atoms with E-state index in [1.54, 1.807) is 0 Å². The summed E-state index contributed by atoms with van der Waals surface area (Å²) in [5.74, 6) is 0. The fourth-order valence-corrected chi connectivity index (χ4v) is 6.67. The molecule has 0 saturated heterocycles. The molecule has 48 heavy (non-hydrogen) atoms. The van der Waals surface area contributed by atoms with Gasteiger partial charge in [0.2, 0.25) is 0 Å². The fraction of sp³-hybridized carbons (Fsp3) is 0.0667. The zero-order valence-electron chi connectivity index (χ0n) is 27.2. The van der Waals surface area contributed by atoms with Crippen LogP contribution in [0.2, 0.25) is 0 Å².